The molecule has 0 aliphatic carbocycles. The van der Waals surface area contributed by atoms with E-state index in [-0.39, 0.29) is 5.82 Å². The summed E-state index contributed by atoms with van der Waals surface area (Å²) in [6.45, 7) is 10.1. The van der Waals surface area contributed by atoms with E-state index in [2.05, 4.69) is 26.8 Å². The summed E-state index contributed by atoms with van der Waals surface area (Å²) in [5.74, 6) is 0.0645. The van der Waals surface area contributed by atoms with Crippen molar-refractivity contribution in [3.05, 3.63) is 66.2 Å². The zero-order chi connectivity index (χ0) is 18.1. The third kappa shape index (κ3) is 2.62. The van der Waals surface area contributed by atoms with Gasteiger partial charge in [-0.3, -0.25) is 0 Å². The molecule has 1 aromatic carbocycles. The van der Waals surface area contributed by atoms with Crippen LogP contribution in [-0.2, 0) is 6.54 Å². The maximum Gasteiger partial charge on any atom is 0.275 e. The molecule has 0 bridgehead atoms. The predicted molar refractivity (Wildman–Crippen MR) is 96.2 cm³/mol. The molecule has 4 aromatic rings. The molecule has 0 radical (unpaired) electrons. The van der Waals surface area contributed by atoms with Crippen LogP contribution in [0, 0.1) is 12.4 Å². The van der Waals surface area contributed by atoms with Gasteiger partial charge in [0.25, 0.3) is 5.82 Å². The van der Waals surface area contributed by atoms with E-state index < -0.39 is 0 Å². The van der Waals surface area contributed by atoms with Crippen molar-refractivity contribution in [1.82, 2.24) is 24.1 Å². The number of halogens is 1. The minimum absolute atomic E-state index is 0.289. The zero-order valence-electron chi connectivity index (χ0n) is 14.1. The van der Waals surface area contributed by atoms with E-state index >= 15 is 0 Å². The predicted octanol–water partition coefficient (Wildman–Crippen LogP) is 4.36. The fraction of sp³-hybridized carbons (Fsp3) is 0.158. The van der Waals surface area contributed by atoms with Crippen LogP contribution in [0.2, 0.25) is 0 Å². The van der Waals surface area contributed by atoms with E-state index in [0.717, 1.165) is 29.9 Å². The van der Waals surface area contributed by atoms with Crippen molar-refractivity contribution in [2.24, 2.45) is 0 Å². The Morgan fingerprint density at radius 3 is 2.65 bits per heavy atom. The average Bonchev–Trinajstić information content (AvgIpc) is 3.26. The lowest BCUT2D eigenvalue weighted by molar-refractivity contribution is 0.628. The van der Waals surface area contributed by atoms with Crippen molar-refractivity contribution in [3.8, 4) is 22.6 Å². The van der Waals surface area contributed by atoms with Crippen LogP contribution < -0.4 is 0 Å². The second-order valence-electron chi connectivity index (χ2n) is 5.86. The van der Waals surface area contributed by atoms with Crippen LogP contribution in [0.3, 0.4) is 0 Å². The van der Waals surface area contributed by atoms with Gasteiger partial charge in [-0.2, -0.15) is 0 Å². The fourth-order valence-electron chi connectivity index (χ4n) is 2.94. The molecule has 0 N–H and O–H groups in total. The van der Waals surface area contributed by atoms with E-state index in [4.69, 9.17) is 6.57 Å². The molecule has 3 aromatic heterocycles. The number of fused-ring (bicyclic) bond motifs is 1. The number of benzene rings is 1. The summed E-state index contributed by atoms with van der Waals surface area (Å²) in [7, 11) is 0. The Kier molecular flexibility index (Phi) is 3.93. The molecule has 6 nitrogen and oxygen atoms in total. The van der Waals surface area contributed by atoms with E-state index in [0.29, 0.717) is 17.2 Å². The molecule has 128 valence electrons. The fourth-order valence-corrected chi connectivity index (χ4v) is 2.94. The van der Waals surface area contributed by atoms with Gasteiger partial charge in [-0.05, 0) is 36.8 Å². The van der Waals surface area contributed by atoms with Gasteiger partial charge in [-0.25, -0.2) is 14.4 Å². The van der Waals surface area contributed by atoms with Crippen molar-refractivity contribution >= 4 is 11.5 Å². The molecule has 0 spiro atoms. The van der Waals surface area contributed by atoms with Gasteiger partial charge in [-0.15, -0.1) is 4.52 Å². The molecule has 0 aliphatic heterocycles. The molecule has 26 heavy (non-hydrogen) atoms. The standard InChI is InChI=1S/C19H15FN6/c1-3-10-25-12-23-18(13-4-6-14(20)7-5-13)19(25)15-8-9-16-22-11-17(21-2)26(16)24-15/h4-9,11-12H,3,10H2,1H3. The molecule has 0 unspecified atom stereocenters. The number of aromatic nitrogens is 5. The van der Waals surface area contributed by atoms with Crippen molar-refractivity contribution in [1.29, 1.82) is 0 Å². The van der Waals surface area contributed by atoms with Crippen LogP contribution in [0.25, 0.3) is 33.1 Å². The largest absolute Gasteiger partial charge is 0.360 e. The molecule has 0 fully saturated rings. The lowest BCUT2D eigenvalue weighted by Gasteiger charge is -2.08. The average molecular weight is 346 g/mol. The SMILES string of the molecule is [C-]#[N+]c1cnc2ccc(-c3c(-c4ccc(F)cc4)ncn3CCC)nn12. The Labute approximate surface area is 149 Å². The smallest absolute Gasteiger partial charge is 0.275 e. The first-order valence-electron chi connectivity index (χ1n) is 8.25. The third-order valence-corrected chi connectivity index (χ3v) is 4.12. The maximum atomic E-state index is 13.3. The van der Waals surface area contributed by atoms with Crippen molar-refractivity contribution in [2.75, 3.05) is 0 Å². The molecular formula is C19H15FN6. The molecule has 0 amide bonds. The van der Waals surface area contributed by atoms with Crippen LogP contribution in [0.15, 0.2) is 48.9 Å². The second-order valence-corrected chi connectivity index (χ2v) is 5.86. The monoisotopic (exact) mass is 346 g/mol. The second kappa shape index (κ2) is 6.41. The molecule has 7 heteroatoms. The molecule has 0 atom stereocenters. The summed E-state index contributed by atoms with van der Waals surface area (Å²) in [4.78, 5) is 12.2. The van der Waals surface area contributed by atoms with Gasteiger partial charge < -0.3 is 9.41 Å². The quantitative estimate of drug-likeness (QED) is 0.516. The Hall–Kier alpha value is -3.53. The van der Waals surface area contributed by atoms with Gasteiger partial charge in [0.1, 0.15) is 11.5 Å². The van der Waals surface area contributed by atoms with Gasteiger partial charge in [-0.1, -0.05) is 18.6 Å². The summed E-state index contributed by atoms with van der Waals surface area (Å²) >= 11 is 0. The normalized spacial score (nSPS) is 11.0. The summed E-state index contributed by atoms with van der Waals surface area (Å²) in [6.07, 6.45) is 4.21. The summed E-state index contributed by atoms with van der Waals surface area (Å²) in [5, 5.41) is 4.60. The minimum Gasteiger partial charge on any atom is -0.360 e. The van der Waals surface area contributed by atoms with Crippen molar-refractivity contribution in [3.63, 3.8) is 0 Å². The summed E-state index contributed by atoms with van der Waals surface area (Å²) < 4.78 is 16.9. The van der Waals surface area contributed by atoms with Gasteiger partial charge in [0, 0.05) is 18.2 Å². The number of nitrogens with zero attached hydrogens (tertiary/aromatic N) is 6. The lowest BCUT2D eigenvalue weighted by Crippen LogP contribution is -2.02. The number of rotatable bonds is 4. The van der Waals surface area contributed by atoms with Crippen molar-refractivity contribution < 1.29 is 4.39 Å². The number of hydrogen-bond acceptors (Lipinski definition) is 3. The highest BCUT2D eigenvalue weighted by atomic mass is 19.1. The zero-order valence-corrected chi connectivity index (χ0v) is 14.1. The van der Waals surface area contributed by atoms with E-state index in [1.54, 1.807) is 18.5 Å². The van der Waals surface area contributed by atoms with Crippen molar-refractivity contribution in [2.45, 2.75) is 19.9 Å². The highest BCUT2D eigenvalue weighted by Crippen LogP contribution is 2.31. The van der Waals surface area contributed by atoms with Gasteiger partial charge in [0.05, 0.1) is 23.9 Å². The number of aryl methyl sites for hydroxylation is 1. The summed E-state index contributed by atoms with van der Waals surface area (Å²) in [6, 6.07) is 9.94. The molecule has 0 aliphatic rings. The van der Waals surface area contributed by atoms with Gasteiger partial charge in [0.15, 0.2) is 0 Å². The van der Waals surface area contributed by atoms with Crippen LogP contribution in [0.1, 0.15) is 13.3 Å². The number of imidazole rings is 2. The van der Waals surface area contributed by atoms with E-state index in [9.17, 15) is 4.39 Å². The topological polar surface area (TPSA) is 52.4 Å². The third-order valence-electron chi connectivity index (χ3n) is 4.12. The Morgan fingerprint density at radius 2 is 1.92 bits per heavy atom. The van der Waals surface area contributed by atoms with Gasteiger partial charge in [0.2, 0.25) is 5.65 Å². The van der Waals surface area contributed by atoms with E-state index in [1.165, 1.54) is 22.8 Å². The number of hydrogen-bond donors (Lipinski definition) is 0. The van der Waals surface area contributed by atoms with E-state index in [1.807, 2.05) is 16.7 Å². The lowest BCUT2D eigenvalue weighted by atomic mass is 10.1. The molecule has 3 heterocycles. The Bertz CT molecular complexity index is 1120. The van der Waals surface area contributed by atoms with Gasteiger partial charge >= 0.3 is 0 Å². The first-order valence-corrected chi connectivity index (χ1v) is 8.25. The summed E-state index contributed by atoms with van der Waals surface area (Å²) in [5.41, 5.74) is 3.68. The Balaban J connectivity index is 1.93. The van der Waals surface area contributed by atoms with Crippen LogP contribution >= 0.6 is 0 Å². The first kappa shape index (κ1) is 16.0. The maximum absolute atomic E-state index is 13.3. The highest BCUT2D eigenvalue weighted by molar-refractivity contribution is 5.77. The first-order chi connectivity index (χ1) is 12.7. The van der Waals surface area contributed by atoms with Crippen LogP contribution in [0.5, 0.6) is 0 Å². The molecule has 0 saturated heterocycles. The Morgan fingerprint density at radius 1 is 1.12 bits per heavy atom. The molecule has 4 rings (SSSR count). The molecular weight excluding hydrogens is 331 g/mol. The van der Waals surface area contributed by atoms with Crippen LogP contribution in [-0.4, -0.2) is 24.1 Å². The molecule has 0 saturated carbocycles. The minimum atomic E-state index is -0.289. The highest BCUT2D eigenvalue weighted by Gasteiger charge is 2.18. The van der Waals surface area contributed by atoms with Crippen LogP contribution in [0.4, 0.5) is 10.2 Å².